The molecule has 0 unspecified atom stereocenters. The van der Waals surface area contributed by atoms with Gasteiger partial charge in [0, 0.05) is 12.0 Å². The van der Waals surface area contributed by atoms with Crippen molar-refractivity contribution < 1.29 is 4.74 Å². The first-order chi connectivity index (χ1) is 5.81. The molecule has 0 radical (unpaired) electrons. The van der Waals surface area contributed by atoms with Crippen LogP contribution in [-0.2, 0) is 6.42 Å². The fourth-order valence-electron chi connectivity index (χ4n) is 1.29. The molecule has 0 fully saturated rings. The lowest BCUT2D eigenvalue weighted by atomic mass is 10.2. The number of nitrogen functional groups attached to an aromatic ring is 1. The van der Waals surface area contributed by atoms with E-state index in [4.69, 9.17) is 10.6 Å². The summed E-state index contributed by atoms with van der Waals surface area (Å²) in [6.07, 6.45) is 0.895. The topological polar surface area (TPSA) is 73.1 Å². The second-order valence-electron chi connectivity index (χ2n) is 2.66. The SMILES string of the molecule is Cc1nc(NN)nc2c1CCO2. The Bertz CT molecular complexity index is 313. The first-order valence-corrected chi connectivity index (χ1v) is 3.78. The van der Waals surface area contributed by atoms with E-state index in [9.17, 15) is 0 Å². The number of nitrogens with one attached hydrogen (secondary N) is 1. The summed E-state index contributed by atoms with van der Waals surface area (Å²) in [6, 6.07) is 0. The molecule has 2 heterocycles. The number of fused-ring (bicyclic) bond motifs is 1. The van der Waals surface area contributed by atoms with Crippen molar-refractivity contribution in [2.24, 2.45) is 5.84 Å². The summed E-state index contributed by atoms with van der Waals surface area (Å²) in [5.41, 5.74) is 4.42. The highest BCUT2D eigenvalue weighted by Crippen LogP contribution is 2.25. The molecule has 2 rings (SSSR count). The second kappa shape index (κ2) is 2.60. The molecule has 0 spiro atoms. The number of anilines is 1. The monoisotopic (exact) mass is 166 g/mol. The van der Waals surface area contributed by atoms with Gasteiger partial charge in [-0.25, -0.2) is 10.8 Å². The number of rotatable bonds is 1. The molecular weight excluding hydrogens is 156 g/mol. The number of aryl methyl sites for hydroxylation is 1. The average Bonchev–Trinajstić information content (AvgIpc) is 2.52. The molecule has 0 aliphatic carbocycles. The Hall–Kier alpha value is -1.36. The molecule has 1 aliphatic rings. The Morgan fingerprint density at radius 3 is 3.08 bits per heavy atom. The minimum atomic E-state index is 0.410. The van der Waals surface area contributed by atoms with Crippen molar-refractivity contribution in [2.75, 3.05) is 12.0 Å². The lowest BCUT2D eigenvalue weighted by Crippen LogP contribution is -2.11. The zero-order valence-electron chi connectivity index (χ0n) is 6.79. The summed E-state index contributed by atoms with van der Waals surface area (Å²) < 4.78 is 5.28. The number of aromatic nitrogens is 2. The number of hydrogen-bond acceptors (Lipinski definition) is 5. The molecule has 1 aliphatic heterocycles. The number of ether oxygens (including phenoxy) is 1. The second-order valence-corrected chi connectivity index (χ2v) is 2.66. The van der Waals surface area contributed by atoms with Crippen LogP contribution >= 0.6 is 0 Å². The van der Waals surface area contributed by atoms with Gasteiger partial charge in [0.2, 0.25) is 11.8 Å². The minimum absolute atomic E-state index is 0.410. The Morgan fingerprint density at radius 2 is 2.33 bits per heavy atom. The number of nitrogens with zero attached hydrogens (tertiary/aromatic N) is 2. The molecular formula is C7H10N4O. The van der Waals surface area contributed by atoms with Crippen molar-refractivity contribution in [1.82, 2.24) is 9.97 Å². The van der Waals surface area contributed by atoms with Crippen molar-refractivity contribution in [2.45, 2.75) is 13.3 Å². The summed E-state index contributed by atoms with van der Waals surface area (Å²) in [7, 11) is 0. The van der Waals surface area contributed by atoms with E-state index in [1.165, 1.54) is 0 Å². The van der Waals surface area contributed by atoms with Gasteiger partial charge in [0.05, 0.1) is 12.3 Å². The van der Waals surface area contributed by atoms with Gasteiger partial charge in [-0.15, -0.1) is 0 Å². The zero-order valence-corrected chi connectivity index (χ0v) is 6.79. The van der Waals surface area contributed by atoms with E-state index < -0.39 is 0 Å². The molecule has 1 aromatic heterocycles. The maximum atomic E-state index is 5.28. The summed E-state index contributed by atoms with van der Waals surface area (Å²) >= 11 is 0. The van der Waals surface area contributed by atoms with E-state index in [0.717, 1.165) is 17.7 Å². The highest BCUT2D eigenvalue weighted by Gasteiger charge is 2.17. The van der Waals surface area contributed by atoms with Crippen LogP contribution < -0.4 is 16.0 Å². The fraction of sp³-hybridized carbons (Fsp3) is 0.429. The van der Waals surface area contributed by atoms with Crippen LogP contribution in [0.15, 0.2) is 0 Å². The van der Waals surface area contributed by atoms with Crippen LogP contribution in [0.4, 0.5) is 5.95 Å². The molecule has 1 aromatic rings. The van der Waals surface area contributed by atoms with Crippen LogP contribution in [0.5, 0.6) is 5.88 Å². The molecule has 0 amide bonds. The van der Waals surface area contributed by atoms with Crippen LogP contribution in [-0.4, -0.2) is 16.6 Å². The lowest BCUT2D eigenvalue weighted by molar-refractivity contribution is 0.345. The first-order valence-electron chi connectivity index (χ1n) is 3.78. The van der Waals surface area contributed by atoms with Crippen molar-refractivity contribution >= 4 is 5.95 Å². The van der Waals surface area contributed by atoms with Crippen molar-refractivity contribution in [1.29, 1.82) is 0 Å². The number of nitrogens with two attached hydrogens (primary N) is 1. The molecule has 0 bridgehead atoms. The molecule has 3 N–H and O–H groups in total. The molecule has 0 saturated heterocycles. The lowest BCUT2D eigenvalue weighted by Gasteiger charge is -2.03. The van der Waals surface area contributed by atoms with Gasteiger partial charge in [-0.3, -0.25) is 5.43 Å². The molecule has 64 valence electrons. The van der Waals surface area contributed by atoms with Gasteiger partial charge in [-0.1, -0.05) is 0 Å². The van der Waals surface area contributed by atoms with Gasteiger partial charge < -0.3 is 4.74 Å². The van der Waals surface area contributed by atoms with Crippen molar-refractivity contribution in [3.8, 4) is 5.88 Å². The molecule has 5 heteroatoms. The number of hydrazine groups is 1. The van der Waals surface area contributed by atoms with Gasteiger partial charge in [-0.2, -0.15) is 4.98 Å². The number of hydrogen-bond donors (Lipinski definition) is 2. The third-order valence-corrected chi connectivity index (χ3v) is 1.90. The highest BCUT2D eigenvalue weighted by molar-refractivity contribution is 5.39. The van der Waals surface area contributed by atoms with Crippen LogP contribution in [0.3, 0.4) is 0 Å². The van der Waals surface area contributed by atoms with Gasteiger partial charge in [0.25, 0.3) is 0 Å². The van der Waals surface area contributed by atoms with Crippen LogP contribution in [0.25, 0.3) is 0 Å². The smallest absolute Gasteiger partial charge is 0.240 e. The van der Waals surface area contributed by atoms with E-state index in [1.807, 2.05) is 6.92 Å². The van der Waals surface area contributed by atoms with Gasteiger partial charge >= 0.3 is 0 Å². The Labute approximate surface area is 69.9 Å². The first kappa shape index (κ1) is 7.30. The average molecular weight is 166 g/mol. The predicted octanol–water partition coefficient (Wildman–Crippen LogP) is 0.00552. The van der Waals surface area contributed by atoms with Crippen LogP contribution in [0, 0.1) is 6.92 Å². The zero-order chi connectivity index (χ0) is 8.55. The normalized spacial score (nSPS) is 13.8. The van der Waals surface area contributed by atoms with E-state index in [1.54, 1.807) is 0 Å². The predicted molar refractivity (Wildman–Crippen MR) is 43.8 cm³/mol. The van der Waals surface area contributed by atoms with Crippen LogP contribution in [0.1, 0.15) is 11.3 Å². The largest absolute Gasteiger partial charge is 0.477 e. The Kier molecular flexibility index (Phi) is 1.58. The fourth-order valence-corrected chi connectivity index (χ4v) is 1.29. The molecule has 0 aromatic carbocycles. The molecule has 0 saturated carbocycles. The summed E-state index contributed by atoms with van der Waals surface area (Å²) in [6.45, 7) is 2.62. The molecule has 0 atom stereocenters. The third-order valence-electron chi connectivity index (χ3n) is 1.90. The van der Waals surface area contributed by atoms with Gasteiger partial charge in [0.1, 0.15) is 0 Å². The van der Waals surface area contributed by atoms with Crippen LogP contribution in [0.2, 0.25) is 0 Å². The standard InChI is InChI=1S/C7H10N4O/c1-4-5-2-3-12-6(5)10-7(9-4)11-8/h2-3,8H2,1H3,(H,9,10,11). The minimum Gasteiger partial charge on any atom is -0.477 e. The van der Waals surface area contributed by atoms with Gasteiger partial charge in [-0.05, 0) is 6.92 Å². The third kappa shape index (κ3) is 0.984. The van der Waals surface area contributed by atoms with Crippen molar-refractivity contribution in [3.63, 3.8) is 0 Å². The summed E-state index contributed by atoms with van der Waals surface area (Å²) in [5.74, 6) is 6.26. The molecule has 12 heavy (non-hydrogen) atoms. The highest BCUT2D eigenvalue weighted by atomic mass is 16.5. The van der Waals surface area contributed by atoms with E-state index >= 15 is 0 Å². The maximum absolute atomic E-state index is 5.28. The Balaban J connectivity index is 2.51. The van der Waals surface area contributed by atoms with E-state index in [0.29, 0.717) is 18.4 Å². The Morgan fingerprint density at radius 1 is 1.50 bits per heavy atom. The van der Waals surface area contributed by atoms with E-state index in [-0.39, 0.29) is 0 Å². The van der Waals surface area contributed by atoms with E-state index in [2.05, 4.69) is 15.4 Å². The van der Waals surface area contributed by atoms with Crippen molar-refractivity contribution in [3.05, 3.63) is 11.3 Å². The summed E-state index contributed by atoms with van der Waals surface area (Å²) in [4.78, 5) is 8.20. The quantitative estimate of drug-likeness (QED) is 0.454. The maximum Gasteiger partial charge on any atom is 0.240 e. The molecule has 5 nitrogen and oxygen atoms in total. The summed E-state index contributed by atoms with van der Waals surface area (Å²) in [5, 5.41) is 0. The van der Waals surface area contributed by atoms with Gasteiger partial charge in [0.15, 0.2) is 0 Å².